The fourth-order valence-corrected chi connectivity index (χ4v) is 4.41. The molecule has 2 aromatic carbocycles. The summed E-state index contributed by atoms with van der Waals surface area (Å²) in [5.41, 5.74) is 7.12. The zero-order valence-electron chi connectivity index (χ0n) is 19.4. The van der Waals surface area contributed by atoms with Gasteiger partial charge in [0.15, 0.2) is 0 Å². The summed E-state index contributed by atoms with van der Waals surface area (Å²) in [7, 11) is 0. The van der Waals surface area contributed by atoms with Crippen LogP contribution in [0.15, 0.2) is 67.1 Å². The summed E-state index contributed by atoms with van der Waals surface area (Å²) >= 11 is 0. The highest BCUT2D eigenvalue weighted by atomic mass is 16.6. The minimum Gasteiger partial charge on any atom is -0.449 e. The van der Waals surface area contributed by atoms with Gasteiger partial charge in [-0.2, -0.15) is 5.26 Å². The average molecular weight is 464 g/mol. The first kappa shape index (κ1) is 22.2. The minimum absolute atomic E-state index is 0.269. The summed E-state index contributed by atoms with van der Waals surface area (Å²) in [5.74, 6) is 0. The normalized spacial score (nSPS) is 12.6. The molecule has 2 aromatic heterocycles. The number of nitrogens with zero attached hydrogens (tertiary/aromatic N) is 3. The predicted octanol–water partition coefficient (Wildman–Crippen LogP) is 6.09. The van der Waals surface area contributed by atoms with E-state index in [0.29, 0.717) is 24.2 Å². The molecule has 0 fully saturated rings. The number of aryl methyl sites for hydroxylation is 1. The van der Waals surface area contributed by atoms with Crippen molar-refractivity contribution in [2.45, 2.75) is 19.8 Å². The summed E-state index contributed by atoms with van der Waals surface area (Å²) < 4.78 is 5.49. The van der Waals surface area contributed by atoms with E-state index in [1.54, 1.807) is 17.3 Å². The van der Waals surface area contributed by atoms with E-state index in [0.717, 1.165) is 39.8 Å². The molecule has 1 aliphatic rings. The number of aromatic nitrogens is 2. The molecule has 0 saturated carbocycles. The molecule has 2 N–H and O–H groups in total. The Bertz CT molecular complexity index is 1460. The molecular weight excluding hydrogens is 438 g/mol. The maximum Gasteiger partial charge on any atom is 0.414 e. The van der Waals surface area contributed by atoms with Crippen LogP contribution in [0.3, 0.4) is 0 Å². The lowest BCUT2D eigenvalue weighted by atomic mass is 10.1. The Balaban J connectivity index is 1.26. The summed E-state index contributed by atoms with van der Waals surface area (Å²) in [6.45, 7) is 2.96. The number of anilines is 3. The highest BCUT2D eigenvalue weighted by Gasteiger charge is 2.25. The van der Waals surface area contributed by atoms with E-state index in [1.807, 2.05) is 67.7 Å². The van der Waals surface area contributed by atoms with Crippen LogP contribution in [0.5, 0.6) is 0 Å². The Labute approximate surface area is 203 Å². The lowest BCUT2D eigenvalue weighted by Crippen LogP contribution is -2.29. The van der Waals surface area contributed by atoms with Gasteiger partial charge in [0.2, 0.25) is 0 Å². The number of ether oxygens (including phenoxy) is 1. The van der Waals surface area contributed by atoms with Crippen molar-refractivity contribution < 1.29 is 9.53 Å². The molecule has 7 nitrogen and oxygen atoms in total. The molecule has 0 spiro atoms. The maximum atomic E-state index is 12.5. The lowest BCUT2D eigenvalue weighted by Gasteiger charge is -2.16. The van der Waals surface area contributed by atoms with Gasteiger partial charge in [0.1, 0.15) is 6.07 Å². The molecule has 0 atom stereocenters. The third-order valence-electron chi connectivity index (χ3n) is 6.27. The molecule has 1 amide bonds. The van der Waals surface area contributed by atoms with E-state index in [2.05, 4.69) is 21.4 Å². The number of amides is 1. The highest BCUT2D eigenvalue weighted by Crippen LogP contribution is 2.31. The Morgan fingerprint density at radius 3 is 3.03 bits per heavy atom. The number of nitriles is 1. The molecule has 3 heterocycles. The van der Waals surface area contributed by atoms with E-state index in [9.17, 15) is 10.1 Å². The number of hydrogen-bond donors (Lipinski definition) is 2. The molecule has 5 rings (SSSR count). The van der Waals surface area contributed by atoms with Crippen molar-refractivity contribution >= 4 is 40.1 Å². The molecule has 0 radical (unpaired) electrons. The van der Waals surface area contributed by atoms with Crippen LogP contribution in [0.1, 0.15) is 28.7 Å². The predicted molar refractivity (Wildman–Crippen MR) is 138 cm³/mol. The number of nitrogens with one attached hydrogen (secondary N) is 2. The summed E-state index contributed by atoms with van der Waals surface area (Å²) in [5, 5.41) is 14.2. The van der Waals surface area contributed by atoms with Crippen LogP contribution in [0.2, 0.25) is 0 Å². The van der Waals surface area contributed by atoms with Crippen LogP contribution in [0.25, 0.3) is 17.0 Å². The van der Waals surface area contributed by atoms with Crippen LogP contribution in [-0.2, 0) is 11.2 Å². The van der Waals surface area contributed by atoms with Crippen LogP contribution in [-0.4, -0.2) is 29.2 Å². The number of para-hydroxylation sites is 1. The van der Waals surface area contributed by atoms with Crippen molar-refractivity contribution in [2.75, 3.05) is 23.4 Å². The Morgan fingerprint density at radius 1 is 1.26 bits per heavy atom. The third kappa shape index (κ3) is 4.46. The van der Waals surface area contributed by atoms with Crippen LogP contribution < -0.4 is 10.2 Å². The molecule has 0 aliphatic carbocycles. The van der Waals surface area contributed by atoms with E-state index < -0.39 is 0 Å². The molecule has 7 heteroatoms. The van der Waals surface area contributed by atoms with Crippen molar-refractivity contribution in [3.8, 4) is 6.07 Å². The maximum absolute atomic E-state index is 12.5. The molecular formula is C28H25N5O2. The Morgan fingerprint density at radius 2 is 2.14 bits per heavy atom. The molecule has 0 unspecified atom stereocenters. The number of aromatic amines is 1. The minimum atomic E-state index is -0.325. The van der Waals surface area contributed by atoms with Gasteiger partial charge in [-0.15, -0.1) is 0 Å². The van der Waals surface area contributed by atoms with Crippen LogP contribution >= 0.6 is 0 Å². The van der Waals surface area contributed by atoms with Gasteiger partial charge in [0.25, 0.3) is 0 Å². The van der Waals surface area contributed by atoms with E-state index in [1.165, 1.54) is 5.56 Å². The number of pyridine rings is 1. The summed E-state index contributed by atoms with van der Waals surface area (Å²) in [6, 6.07) is 16.2. The molecule has 0 saturated heterocycles. The number of benzene rings is 2. The lowest BCUT2D eigenvalue weighted by molar-refractivity contribution is 0.156. The van der Waals surface area contributed by atoms with Crippen molar-refractivity contribution in [1.82, 2.24) is 9.97 Å². The topological polar surface area (TPSA) is 94.0 Å². The van der Waals surface area contributed by atoms with Gasteiger partial charge in [-0.1, -0.05) is 30.4 Å². The zero-order chi connectivity index (χ0) is 24.2. The summed E-state index contributed by atoms with van der Waals surface area (Å²) in [4.78, 5) is 21.6. The van der Waals surface area contributed by atoms with Gasteiger partial charge >= 0.3 is 6.09 Å². The van der Waals surface area contributed by atoms with Crippen molar-refractivity contribution in [3.63, 3.8) is 0 Å². The molecule has 174 valence electrons. The first-order valence-electron chi connectivity index (χ1n) is 11.6. The standard InChI is InChI=1S/C28H25N5O2/c1-19-23-11-13-31-25(23)10-9-24(19)32-27-21(17-30-18-22(27)16-29)7-4-5-15-35-28(34)33-14-12-20-6-2-3-8-26(20)33/h2-4,6-11,13,17-18,31H,5,12,14-15H2,1H3,(H,30,32). The van der Waals surface area contributed by atoms with Gasteiger partial charge in [-0.05, 0) is 55.2 Å². The fourth-order valence-electron chi connectivity index (χ4n) is 4.41. The molecule has 4 aromatic rings. The van der Waals surface area contributed by atoms with Gasteiger partial charge in [-0.3, -0.25) is 9.88 Å². The Hall–Kier alpha value is -4.57. The average Bonchev–Trinajstić information content (AvgIpc) is 3.54. The number of carbonyl (C=O) groups excluding carboxylic acids is 1. The fraction of sp³-hybridized carbons (Fsp3) is 0.179. The van der Waals surface area contributed by atoms with E-state index >= 15 is 0 Å². The number of H-pyrrole nitrogens is 1. The summed E-state index contributed by atoms with van der Waals surface area (Å²) in [6.07, 6.45) is 10.1. The second kappa shape index (κ2) is 9.74. The van der Waals surface area contributed by atoms with Gasteiger partial charge < -0.3 is 15.0 Å². The largest absolute Gasteiger partial charge is 0.449 e. The first-order valence-corrected chi connectivity index (χ1v) is 11.6. The first-order chi connectivity index (χ1) is 17.2. The Kier molecular flexibility index (Phi) is 6.18. The number of hydrogen-bond acceptors (Lipinski definition) is 5. The molecule has 0 bridgehead atoms. The van der Waals surface area contributed by atoms with Crippen LogP contribution in [0, 0.1) is 18.3 Å². The number of carbonyl (C=O) groups is 1. The van der Waals surface area contributed by atoms with Gasteiger partial charge in [0.05, 0.1) is 23.5 Å². The molecule has 1 aliphatic heterocycles. The van der Waals surface area contributed by atoms with Crippen molar-refractivity contribution in [3.05, 3.63) is 89.4 Å². The van der Waals surface area contributed by atoms with Crippen molar-refractivity contribution in [2.24, 2.45) is 0 Å². The monoisotopic (exact) mass is 463 g/mol. The highest BCUT2D eigenvalue weighted by molar-refractivity contribution is 5.91. The molecule has 35 heavy (non-hydrogen) atoms. The van der Waals surface area contributed by atoms with E-state index in [4.69, 9.17) is 4.74 Å². The SMILES string of the molecule is Cc1c(Nc2c(C#N)cncc2C=CCCOC(=O)N2CCc3ccccc32)ccc2[nH]ccc12. The second-order valence-corrected chi connectivity index (χ2v) is 8.40. The van der Waals surface area contributed by atoms with Crippen molar-refractivity contribution in [1.29, 1.82) is 5.26 Å². The smallest absolute Gasteiger partial charge is 0.414 e. The van der Waals surface area contributed by atoms with Crippen LogP contribution in [0.4, 0.5) is 21.9 Å². The number of rotatable bonds is 6. The zero-order valence-corrected chi connectivity index (χ0v) is 19.4. The van der Waals surface area contributed by atoms with Gasteiger partial charge in [0, 0.05) is 47.3 Å². The second-order valence-electron chi connectivity index (χ2n) is 8.40. The van der Waals surface area contributed by atoms with E-state index in [-0.39, 0.29) is 12.7 Å². The third-order valence-corrected chi connectivity index (χ3v) is 6.27. The van der Waals surface area contributed by atoms with Gasteiger partial charge in [-0.25, -0.2) is 4.79 Å². The quantitative estimate of drug-likeness (QED) is 0.338. The number of fused-ring (bicyclic) bond motifs is 2.